The Morgan fingerprint density at radius 1 is 1.50 bits per heavy atom. The van der Waals surface area contributed by atoms with Crippen molar-refractivity contribution < 1.29 is 14.7 Å². The van der Waals surface area contributed by atoms with Crippen LogP contribution in [0.25, 0.3) is 0 Å². The molecule has 1 aromatic rings. The smallest absolute Gasteiger partial charge is 0.313 e. The van der Waals surface area contributed by atoms with Gasteiger partial charge in [0.25, 0.3) is 0 Å². The van der Waals surface area contributed by atoms with Crippen LogP contribution in [0.2, 0.25) is 0 Å². The molecule has 0 saturated carbocycles. The molecule has 2 amide bonds. The van der Waals surface area contributed by atoms with Crippen molar-refractivity contribution in [2.45, 2.75) is 18.9 Å². The van der Waals surface area contributed by atoms with E-state index < -0.39 is 17.9 Å². The molecule has 1 aliphatic heterocycles. The van der Waals surface area contributed by atoms with Gasteiger partial charge < -0.3 is 15.3 Å². The molecule has 2 rings (SSSR count). The fourth-order valence-corrected chi connectivity index (χ4v) is 1.90. The lowest BCUT2D eigenvalue weighted by molar-refractivity contribution is -0.145. The fraction of sp³-hybridized carbons (Fsp3) is 0.417. The van der Waals surface area contributed by atoms with Crippen LogP contribution in [0.15, 0.2) is 24.5 Å². The van der Waals surface area contributed by atoms with Crippen LogP contribution in [-0.4, -0.2) is 46.0 Å². The van der Waals surface area contributed by atoms with Crippen LogP contribution >= 0.6 is 0 Å². The summed E-state index contributed by atoms with van der Waals surface area (Å²) in [5.41, 5.74) is 0.480. The van der Waals surface area contributed by atoms with Gasteiger partial charge in [0.05, 0.1) is 18.0 Å². The minimum atomic E-state index is -0.697. The number of hydrogen-bond acceptors (Lipinski definition) is 4. The molecule has 0 bridgehead atoms. The second kappa shape index (κ2) is 5.59. The summed E-state index contributed by atoms with van der Waals surface area (Å²) in [4.78, 5) is 28.8. The predicted octanol–water partition coefficient (Wildman–Crippen LogP) is 0.00340. The monoisotopic (exact) mass is 249 g/mol. The largest absolute Gasteiger partial charge is 0.391 e. The summed E-state index contributed by atoms with van der Waals surface area (Å²) in [7, 11) is 0. The number of amides is 2. The van der Waals surface area contributed by atoms with Gasteiger partial charge in [0.1, 0.15) is 0 Å². The number of pyridine rings is 1. The molecule has 1 unspecified atom stereocenters. The highest BCUT2D eigenvalue weighted by Crippen LogP contribution is 2.11. The van der Waals surface area contributed by atoms with E-state index in [1.807, 2.05) is 0 Å². The van der Waals surface area contributed by atoms with E-state index in [9.17, 15) is 14.7 Å². The quantitative estimate of drug-likeness (QED) is 0.686. The number of hydrogen-bond donors (Lipinski definition) is 2. The van der Waals surface area contributed by atoms with Crippen LogP contribution < -0.4 is 5.32 Å². The minimum absolute atomic E-state index is 0.222. The molecule has 2 N–H and O–H groups in total. The van der Waals surface area contributed by atoms with Crippen LogP contribution in [0.4, 0.5) is 5.69 Å². The Morgan fingerprint density at radius 2 is 2.33 bits per heavy atom. The van der Waals surface area contributed by atoms with Gasteiger partial charge in [0.2, 0.25) is 0 Å². The number of aromatic nitrogens is 1. The number of aliphatic hydroxyl groups is 1. The topological polar surface area (TPSA) is 82.5 Å². The van der Waals surface area contributed by atoms with Gasteiger partial charge in [-0.1, -0.05) is 0 Å². The normalized spacial score (nSPS) is 19.4. The zero-order chi connectivity index (χ0) is 13.0. The second-order valence-electron chi connectivity index (χ2n) is 4.24. The molecule has 0 radical (unpaired) electrons. The standard InChI is InChI=1S/C12H15N3O3/c16-10-4-2-6-15(8-10)12(18)11(17)14-9-3-1-5-13-7-9/h1,3,5,7,10,16H,2,4,6,8H2,(H,14,17). The zero-order valence-electron chi connectivity index (χ0n) is 9.87. The summed E-state index contributed by atoms with van der Waals surface area (Å²) in [5.74, 6) is -1.31. The van der Waals surface area contributed by atoms with Crippen molar-refractivity contribution in [3.63, 3.8) is 0 Å². The highest BCUT2D eigenvalue weighted by atomic mass is 16.3. The summed E-state index contributed by atoms with van der Waals surface area (Å²) in [6.07, 6.45) is 3.91. The molecule has 0 spiro atoms. The van der Waals surface area contributed by atoms with Gasteiger partial charge in [-0.3, -0.25) is 14.6 Å². The van der Waals surface area contributed by atoms with Crippen molar-refractivity contribution in [2.75, 3.05) is 18.4 Å². The van der Waals surface area contributed by atoms with E-state index in [0.717, 1.165) is 0 Å². The van der Waals surface area contributed by atoms with Crippen LogP contribution in [0.3, 0.4) is 0 Å². The van der Waals surface area contributed by atoms with Gasteiger partial charge in [-0.25, -0.2) is 0 Å². The predicted molar refractivity (Wildman–Crippen MR) is 64.7 cm³/mol. The molecule has 1 aromatic heterocycles. The molecule has 0 aliphatic carbocycles. The number of rotatable bonds is 1. The van der Waals surface area contributed by atoms with Gasteiger partial charge in [-0.15, -0.1) is 0 Å². The first-order valence-corrected chi connectivity index (χ1v) is 5.85. The van der Waals surface area contributed by atoms with E-state index in [2.05, 4.69) is 10.3 Å². The van der Waals surface area contributed by atoms with E-state index in [1.165, 1.54) is 11.1 Å². The molecule has 2 heterocycles. The molecule has 0 aromatic carbocycles. The Bertz CT molecular complexity index is 435. The molecule has 1 aliphatic rings. The van der Waals surface area contributed by atoms with Gasteiger partial charge >= 0.3 is 11.8 Å². The van der Waals surface area contributed by atoms with Crippen molar-refractivity contribution in [2.24, 2.45) is 0 Å². The Hall–Kier alpha value is -1.95. The number of nitrogens with zero attached hydrogens (tertiary/aromatic N) is 2. The van der Waals surface area contributed by atoms with E-state index in [0.29, 0.717) is 25.1 Å². The van der Waals surface area contributed by atoms with Crippen LogP contribution in [0.1, 0.15) is 12.8 Å². The Balaban J connectivity index is 1.94. The summed E-state index contributed by atoms with van der Waals surface area (Å²) in [5, 5.41) is 11.9. The maximum absolute atomic E-state index is 11.8. The third-order valence-corrected chi connectivity index (χ3v) is 2.80. The maximum Gasteiger partial charge on any atom is 0.313 e. The van der Waals surface area contributed by atoms with Crippen LogP contribution in [-0.2, 0) is 9.59 Å². The number of anilines is 1. The first kappa shape index (κ1) is 12.5. The summed E-state index contributed by atoms with van der Waals surface area (Å²) in [6, 6.07) is 3.33. The number of likely N-dealkylation sites (tertiary alicyclic amines) is 1. The maximum atomic E-state index is 11.8. The average molecular weight is 249 g/mol. The first-order chi connectivity index (χ1) is 8.66. The molecular weight excluding hydrogens is 234 g/mol. The Morgan fingerprint density at radius 3 is 3.00 bits per heavy atom. The fourth-order valence-electron chi connectivity index (χ4n) is 1.90. The number of piperidine rings is 1. The lowest BCUT2D eigenvalue weighted by Crippen LogP contribution is -2.46. The third kappa shape index (κ3) is 3.04. The summed E-state index contributed by atoms with van der Waals surface area (Å²) >= 11 is 0. The number of aliphatic hydroxyl groups excluding tert-OH is 1. The van der Waals surface area contributed by atoms with Gasteiger partial charge in [-0.2, -0.15) is 0 Å². The first-order valence-electron chi connectivity index (χ1n) is 5.85. The SMILES string of the molecule is O=C(Nc1cccnc1)C(=O)N1CCCC(O)C1. The zero-order valence-corrected chi connectivity index (χ0v) is 9.87. The highest BCUT2D eigenvalue weighted by molar-refractivity contribution is 6.39. The summed E-state index contributed by atoms with van der Waals surface area (Å²) in [6.45, 7) is 0.732. The molecule has 1 saturated heterocycles. The van der Waals surface area contributed by atoms with Gasteiger partial charge in [0.15, 0.2) is 0 Å². The van der Waals surface area contributed by atoms with Crippen molar-refractivity contribution in [3.05, 3.63) is 24.5 Å². The number of nitrogens with one attached hydrogen (secondary N) is 1. The molecule has 18 heavy (non-hydrogen) atoms. The lowest BCUT2D eigenvalue weighted by atomic mass is 10.1. The number of carbonyl (C=O) groups is 2. The van der Waals surface area contributed by atoms with Crippen molar-refractivity contribution in [1.29, 1.82) is 0 Å². The Labute approximate surface area is 105 Å². The van der Waals surface area contributed by atoms with E-state index in [4.69, 9.17) is 0 Å². The van der Waals surface area contributed by atoms with Crippen LogP contribution in [0.5, 0.6) is 0 Å². The molecular formula is C12H15N3O3. The molecule has 96 valence electrons. The van der Waals surface area contributed by atoms with Gasteiger partial charge in [-0.05, 0) is 25.0 Å². The van der Waals surface area contributed by atoms with Crippen molar-refractivity contribution in [1.82, 2.24) is 9.88 Å². The summed E-state index contributed by atoms with van der Waals surface area (Å²) < 4.78 is 0. The minimum Gasteiger partial charge on any atom is -0.391 e. The average Bonchev–Trinajstić information content (AvgIpc) is 2.39. The molecule has 1 atom stereocenters. The Kier molecular flexibility index (Phi) is 3.88. The van der Waals surface area contributed by atoms with E-state index in [-0.39, 0.29) is 6.54 Å². The molecule has 1 fully saturated rings. The molecule has 6 heteroatoms. The van der Waals surface area contributed by atoms with E-state index >= 15 is 0 Å². The third-order valence-electron chi connectivity index (χ3n) is 2.80. The highest BCUT2D eigenvalue weighted by Gasteiger charge is 2.26. The lowest BCUT2D eigenvalue weighted by Gasteiger charge is -2.29. The van der Waals surface area contributed by atoms with Crippen molar-refractivity contribution in [3.8, 4) is 0 Å². The number of β-amino-alcohol motifs (C(OH)–C–C–N with tert-alkyl or cyclic N) is 1. The van der Waals surface area contributed by atoms with Gasteiger partial charge in [0, 0.05) is 19.3 Å². The number of carbonyl (C=O) groups excluding carboxylic acids is 2. The van der Waals surface area contributed by atoms with Crippen molar-refractivity contribution >= 4 is 17.5 Å². The second-order valence-corrected chi connectivity index (χ2v) is 4.24. The van der Waals surface area contributed by atoms with E-state index in [1.54, 1.807) is 18.3 Å². The molecule has 6 nitrogen and oxygen atoms in total. The van der Waals surface area contributed by atoms with Crippen LogP contribution in [0, 0.1) is 0 Å².